The smallest absolute Gasteiger partial charge is 0.273 e. The van der Waals surface area contributed by atoms with Gasteiger partial charge in [0.15, 0.2) is 0 Å². The van der Waals surface area contributed by atoms with Gasteiger partial charge < -0.3 is 0 Å². The van der Waals surface area contributed by atoms with Crippen LogP contribution in [0.15, 0.2) is 49.6 Å². The van der Waals surface area contributed by atoms with Crippen LogP contribution in [0.1, 0.15) is 12.8 Å². The monoisotopic (exact) mass is 248 g/mol. The zero-order chi connectivity index (χ0) is 9.07. The summed E-state index contributed by atoms with van der Waals surface area (Å²) in [4.78, 5) is 0. The Kier molecular flexibility index (Phi) is 16.4. The van der Waals surface area contributed by atoms with E-state index in [4.69, 9.17) is 0 Å². The van der Waals surface area contributed by atoms with Gasteiger partial charge in [-0.25, -0.2) is 24.3 Å². The Morgan fingerprint density at radius 3 is 1.31 bits per heavy atom. The van der Waals surface area contributed by atoms with E-state index in [1.165, 1.54) is 0 Å². The third kappa shape index (κ3) is 11.6. The molecule has 1 heteroatoms. The molecule has 13 heavy (non-hydrogen) atoms. The first-order chi connectivity index (χ1) is 6.00. The molecule has 2 rings (SSSR count). The van der Waals surface area contributed by atoms with Crippen molar-refractivity contribution in [1.82, 2.24) is 0 Å². The molecule has 0 aliphatic heterocycles. The van der Waals surface area contributed by atoms with Crippen LogP contribution in [-0.2, 0) is 26.2 Å². The van der Waals surface area contributed by atoms with E-state index < -0.39 is 0 Å². The van der Waals surface area contributed by atoms with Crippen molar-refractivity contribution < 1.29 is 26.2 Å². The van der Waals surface area contributed by atoms with E-state index in [-0.39, 0.29) is 26.2 Å². The first-order valence-corrected chi connectivity index (χ1v) is 3.93. The van der Waals surface area contributed by atoms with Crippen molar-refractivity contribution in [2.45, 2.75) is 12.8 Å². The van der Waals surface area contributed by atoms with E-state index in [0.29, 0.717) is 0 Å². The molecular weight excluding hydrogens is 235 g/mol. The van der Waals surface area contributed by atoms with Crippen LogP contribution >= 0.6 is 0 Å². The van der Waals surface area contributed by atoms with Gasteiger partial charge in [-0.1, -0.05) is 0 Å². The summed E-state index contributed by atoms with van der Waals surface area (Å²) in [5.74, 6) is 0. The first kappa shape index (κ1) is 15.1. The summed E-state index contributed by atoms with van der Waals surface area (Å²) in [7, 11) is 0. The molecule has 0 spiro atoms. The quantitative estimate of drug-likeness (QED) is 0.456. The largest absolute Gasteiger partial charge is 2.00 e. The second-order valence-electron chi connectivity index (χ2n) is 2.01. The van der Waals surface area contributed by atoms with Gasteiger partial charge in [-0.15, -0.1) is 26.0 Å². The van der Waals surface area contributed by atoms with Crippen LogP contribution in [0, 0.1) is 12.2 Å². The molecule has 2 aliphatic rings. The Morgan fingerprint density at radius 2 is 1.23 bits per heavy atom. The van der Waals surface area contributed by atoms with Gasteiger partial charge in [0.2, 0.25) is 0 Å². The normalized spacial score (nSPS) is 13.8. The minimum atomic E-state index is 0. The van der Waals surface area contributed by atoms with Crippen LogP contribution in [0.25, 0.3) is 0 Å². The molecule has 2 aliphatic carbocycles. The third-order valence-corrected chi connectivity index (χ3v) is 1.17. The second-order valence-corrected chi connectivity index (χ2v) is 2.01. The molecule has 0 heterocycles. The topological polar surface area (TPSA) is 0 Å². The molecular formula is C12H14Zr. The average molecular weight is 249 g/mol. The van der Waals surface area contributed by atoms with E-state index in [9.17, 15) is 0 Å². The molecule has 0 radical (unpaired) electrons. The Labute approximate surface area is 101 Å². The van der Waals surface area contributed by atoms with Gasteiger partial charge in [-0.3, -0.25) is 12.2 Å². The zero-order valence-electron chi connectivity index (χ0n) is 7.79. The van der Waals surface area contributed by atoms with Crippen molar-refractivity contribution in [2.24, 2.45) is 0 Å². The fraction of sp³-hybridized carbons (Fsp3) is 0.167. The minimum absolute atomic E-state index is 0. The van der Waals surface area contributed by atoms with Crippen molar-refractivity contribution in [2.75, 3.05) is 0 Å². The van der Waals surface area contributed by atoms with E-state index in [1.54, 1.807) is 0 Å². The van der Waals surface area contributed by atoms with Crippen molar-refractivity contribution in [3.05, 3.63) is 61.8 Å². The van der Waals surface area contributed by atoms with Gasteiger partial charge >= 0.3 is 26.2 Å². The van der Waals surface area contributed by atoms with Crippen molar-refractivity contribution in [3.63, 3.8) is 0 Å². The molecule has 0 aromatic rings. The molecule has 0 saturated carbocycles. The molecule has 0 saturated heterocycles. The van der Waals surface area contributed by atoms with Crippen LogP contribution in [0.3, 0.4) is 0 Å². The summed E-state index contributed by atoms with van der Waals surface area (Å²) in [6.07, 6.45) is 20.0. The van der Waals surface area contributed by atoms with Crippen LogP contribution in [0.2, 0.25) is 0 Å². The zero-order valence-corrected chi connectivity index (χ0v) is 10.3. The fourth-order valence-electron chi connectivity index (χ4n) is 0.680. The summed E-state index contributed by atoms with van der Waals surface area (Å²) >= 11 is 0. The Hall–Kier alpha value is -0.417. The molecule has 0 atom stereocenters. The van der Waals surface area contributed by atoms with Gasteiger partial charge in [-0.2, -0.15) is 12.2 Å². The maximum absolute atomic E-state index is 3.00. The van der Waals surface area contributed by atoms with E-state index in [0.717, 1.165) is 12.8 Å². The van der Waals surface area contributed by atoms with E-state index >= 15 is 0 Å². The summed E-state index contributed by atoms with van der Waals surface area (Å²) < 4.78 is 0. The Morgan fingerprint density at radius 1 is 0.846 bits per heavy atom. The van der Waals surface area contributed by atoms with Crippen LogP contribution in [0.5, 0.6) is 0 Å². The first-order valence-electron chi connectivity index (χ1n) is 3.93. The number of hydrogen-bond donors (Lipinski definition) is 0. The van der Waals surface area contributed by atoms with Gasteiger partial charge in [-0.05, 0) is 0 Å². The molecule has 0 fully saturated rings. The summed E-state index contributed by atoms with van der Waals surface area (Å²) in [6, 6.07) is 0. The maximum Gasteiger partial charge on any atom is 2.00 e. The average Bonchev–Trinajstić information content (AvgIpc) is 2.87. The van der Waals surface area contributed by atoms with Crippen molar-refractivity contribution >= 4 is 0 Å². The van der Waals surface area contributed by atoms with E-state index in [1.807, 2.05) is 24.3 Å². The van der Waals surface area contributed by atoms with Crippen LogP contribution < -0.4 is 0 Å². The number of hydrogen-bond acceptors (Lipinski definition) is 0. The fourth-order valence-corrected chi connectivity index (χ4v) is 0.680. The van der Waals surface area contributed by atoms with Crippen LogP contribution in [0.4, 0.5) is 0 Å². The number of allylic oxidation sites excluding steroid dienone is 8. The standard InChI is InChI=1S/2C5H5.C2H4.Zr/c2*1-2-4-5-3-1;1-2;/h2*1-3H,4H2;1-2H2;/q2*-1;;+2. The minimum Gasteiger partial charge on any atom is -0.273 e. The molecule has 66 valence electrons. The molecule has 0 amide bonds. The molecule has 0 aromatic carbocycles. The third-order valence-electron chi connectivity index (χ3n) is 1.17. The Balaban J connectivity index is 0. The molecule has 0 bridgehead atoms. The predicted octanol–water partition coefficient (Wildman–Crippen LogP) is 3.41. The SMILES string of the molecule is C=C.[C-]1=CC=CC1.[C-]1=CC=CC1.[Zr+2]. The van der Waals surface area contributed by atoms with Gasteiger partial charge in [0.1, 0.15) is 0 Å². The van der Waals surface area contributed by atoms with Crippen LogP contribution in [-0.4, -0.2) is 0 Å². The number of rotatable bonds is 0. The van der Waals surface area contributed by atoms with E-state index in [2.05, 4.69) is 37.5 Å². The van der Waals surface area contributed by atoms with Gasteiger partial charge in [0.25, 0.3) is 0 Å². The van der Waals surface area contributed by atoms with Gasteiger partial charge in [0, 0.05) is 0 Å². The second kappa shape index (κ2) is 14.1. The molecule has 0 aromatic heterocycles. The maximum atomic E-state index is 3.00. The molecule has 0 unspecified atom stereocenters. The summed E-state index contributed by atoms with van der Waals surface area (Å²) in [5, 5.41) is 0. The molecule has 0 nitrogen and oxygen atoms in total. The molecule has 0 N–H and O–H groups in total. The Bertz CT molecular complexity index is 155. The van der Waals surface area contributed by atoms with Crippen molar-refractivity contribution in [1.29, 1.82) is 0 Å². The summed E-state index contributed by atoms with van der Waals surface area (Å²) in [5.41, 5.74) is 0. The van der Waals surface area contributed by atoms with Gasteiger partial charge in [0.05, 0.1) is 0 Å². The summed E-state index contributed by atoms with van der Waals surface area (Å²) in [6.45, 7) is 6.00. The van der Waals surface area contributed by atoms with Crippen molar-refractivity contribution in [3.8, 4) is 0 Å². The predicted molar refractivity (Wildman–Crippen MR) is 54.4 cm³/mol.